The Kier molecular flexibility index (Phi) is 4.51. The summed E-state index contributed by atoms with van der Waals surface area (Å²) in [6.45, 7) is 5.10. The number of hydrogen-bond acceptors (Lipinski definition) is 6. The van der Waals surface area contributed by atoms with E-state index in [-0.39, 0.29) is 27.6 Å². The van der Waals surface area contributed by atoms with Crippen LogP contribution in [-0.2, 0) is 4.74 Å². The van der Waals surface area contributed by atoms with Gasteiger partial charge in [0.1, 0.15) is 11.3 Å². The van der Waals surface area contributed by atoms with Crippen LogP contribution >= 0.6 is 15.9 Å². The molecular formula is C14H14BrN3O5. The number of Topliss-reactive ketones (excluding diaryl/α,β-unsaturated/α-hetero) is 1. The summed E-state index contributed by atoms with van der Waals surface area (Å²) in [5.41, 5.74) is -0.680. The summed E-state index contributed by atoms with van der Waals surface area (Å²) in [6.07, 6.45) is -0.759. The quantitative estimate of drug-likeness (QED) is 0.348. The van der Waals surface area contributed by atoms with Gasteiger partial charge in [-0.2, -0.15) is 9.78 Å². The number of fused-ring (bicyclic) bond motifs is 1. The number of halogens is 1. The monoisotopic (exact) mass is 383 g/mol. The highest BCUT2D eigenvalue weighted by Crippen LogP contribution is 2.25. The van der Waals surface area contributed by atoms with Gasteiger partial charge in [-0.05, 0) is 26.8 Å². The predicted octanol–water partition coefficient (Wildman–Crippen LogP) is 3.31. The number of ketones is 1. The molecule has 0 N–H and O–H groups in total. The zero-order valence-electron chi connectivity index (χ0n) is 12.7. The minimum Gasteiger partial charge on any atom is -0.442 e. The van der Waals surface area contributed by atoms with E-state index in [1.807, 2.05) is 0 Å². The van der Waals surface area contributed by atoms with E-state index >= 15 is 0 Å². The van der Waals surface area contributed by atoms with Crippen LogP contribution in [0.25, 0.3) is 10.9 Å². The number of nitrogens with zero attached hydrogens (tertiary/aromatic N) is 3. The van der Waals surface area contributed by atoms with Crippen molar-refractivity contribution in [2.75, 3.05) is 5.33 Å². The minimum absolute atomic E-state index is 0.0177. The molecule has 9 heteroatoms. The van der Waals surface area contributed by atoms with E-state index < -0.39 is 22.4 Å². The fraction of sp³-hybridized carbons (Fsp3) is 0.357. The van der Waals surface area contributed by atoms with Gasteiger partial charge >= 0.3 is 6.09 Å². The van der Waals surface area contributed by atoms with E-state index in [1.165, 1.54) is 18.2 Å². The lowest BCUT2D eigenvalue weighted by Gasteiger charge is -2.19. The number of carbonyl (C=O) groups excluding carboxylic acids is 2. The minimum atomic E-state index is -0.759. The summed E-state index contributed by atoms with van der Waals surface area (Å²) in [4.78, 5) is 34.6. The van der Waals surface area contributed by atoms with Crippen LogP contribution in [0.4, 0.5) is 10.5 Å². The summed E-state index contributed by atoms with van der Waals surface area (Å²) in [7, 11) is 0. The molecule has 8 nitrogen and oxygen atoms in total. The Morgan fingerprint density at radius 2 is 2.04 bits per heavy atom. The van der Waals surface area contributed by atoms with Crippen molar-refractivity contribution in [3.8, 4) is 0 Å². The number of carbonyl (C=O) groups is 2. The van der Waals surface area contributed by atoms with Gasteiger partial charge in [-0.1, -0.05) is 15.9 Å². The molecule has 0 radical (unpaired) electrons. The number of non-ortho nitro benzene ring substituents is 1. The SMILES string of the molecule is CC(C)(C)OC(=O)n1nc(C(=O)CBr)c2cc([N+](=O)[O-])ccc21. The van der Waals surface area contributed by atoms with Gasteiger partial charge in [-0.15, -0.1) is 0 Å². The van der Waals surface area contributed by atoms with Gasteiger partial charge in [0.25, 0.3) is 5.69 Å². The van der Waals surface area contributed by atoms with Gasteiger partial charge < -0.3 is 4.74 Å². The Hall–Kier alpha value is -2.29. The number of hydrogen-bond donors (Lipinski definition) is 0. The second-order valence-corrected chi connectivity index (χ2v) is 6.32. The maximum atomic E-state index is 12.2. The number of benzene rings is 1. The third kappa shape index (κ3) is 3.55. The van der Waals surface area contributed by atoms with Gasteiger partial charge in [0, 0.05) is 17.5 Å². The molecule has 0 aliphatic rings. The first-order valence-electron chi connectivity index (χ1n) is 6.63. The molecule has 23 heavy (non-hydrogen) atoms. The van der Waals surface area contributed by atoms with Crippen LogP contribution in [0.5, 0.6) is 0 Å². The number of ether oxygens (including phenoxy) is 1. The molecule has 122 valence electrons. The second-order valence-electron chi connectivity index (χ2n) is 5.76. The first-order chi connectivity index (χ1) is 10.6. The molecule has 0 bridgehead atoms. The van der Waals surface area contributed by atoms with Crippen molar-refractivity contribution in [3.05, 3.63) is 34.0 Å². The number of aromatic nitrogens is 2. The molecule has 1 aromatic heterocycles. The van der Waals surface area contributed by atoms with E-state index in [4.69, 9.17) is 4.74 Å². The van der Waals surface area contributed by atoms with Crippen molar-refractivity contribution in [2.24, 2.45) is 0 Å². The van der Waals surface area contributed by atoms with Gasteiger partial charge in [0.05, 0.1) is 15.8 Å². The second kappa shape index (κ2) is 6.07. The van der Waals surface area contributed by atoms with E-state index in [2.05, 4.69) is 21.0 Å². The van der Waals surface area contributed by atoms with Crippen molar-refractivity contribution in [1.82, 2.24) is 9.78 Å². The summed E-state index contributed by atoms with van der Waals surface area (Å²) in [5, 5.41) is 15.1. The van der Waals surface area contributed by atoms with Crippen molar-refractivity contribution >= 4 is 44.4 Å². The first-order valence-corrected chi connectivity index (χ1v) is 7.76. The smallest absolute Gasteiger partial charge is 0.435 e. The molecule has 1 aromatic carbocycles. The maximum absolute atomic E-state index is 12.2. The van der Waals surface area contributed by atoms with Gasteiger partial charge in [0.15, 0.2) is 5.78 Å². The lowest BCUT2D eigenvalue weighted by Crippen LogP contribution is -2.27. The van der Waals surface area contributed by atoms with E-state index in [0.717, 1.165) is 4.68 Å². The molecule has 0 atom stereocenters. The summed E-state index contributed by atoms with van der Waals surface area (Å²) >= 11 is 3.03. The third-order valence-corrected chi connectivity index (χ3v) is 3.34. The largest absolute Gasteiger partial charge is 0.442 e. The van der Waals surface area contributed by atoms with Crippen LogP contribution in [0.15, 0.2) is 18.2 Å². The van der Waals surface area contributed by atoms with E-state index in [1.54, 1.807) is 20.8 Å². The van der Waals surface area contributed by atoms with Gasteiger partial charge in [0.2, 0.25) is 0 Å². The number of alkyl halides is 1. The molecule has 0 aliphatic carbocycles. The molecule has 0 fully saturated rings. The third-order valence-electron chi connectivity index (χ3n) is 2.83. The van der Waals surface area contributed by atoms with Crippen molar-refractivity contribution in [1.29, 1.82) is 0 Å². The molecule has 2 rings (SSSR count). The number of nitro benzene ring substituents is 1. The van der Waals surface area contributed by atoms with Crippen LogP contribution in [0, 0.1) is 10.1 Å². The molecule has 0 saturated heterocycles. The lowest BCUT2D eigenvalue weighted by molar-refractivity contribution is -0.384. The lowest BCUT2D eigenvalue weighted by atomic mass is 10.1. The van der Waals surface area contributed by atoms with Crippen molar-refractivity contribution in [2.45, 2.75) is 26.4 Å². The molecule has 1 heterocycles. The predicted molar refractivity (Wildman–Crippen MR) is 86.1 cm³/mol. The zero-order chi connectivity index (χ0) is 17.4. The van der Waals surface area contributed by atoms with Crippen molar-refractivity contribution in [3.63, 3.8) is 0 Å². The zero-order valence-corrected chi connectivity index (χ0v) is 14.3. The Bertz CT molecular complexity index is 807. The number of rotatable bonds is 3. The van der Waals surface area contributed by atoms with E-state index in [0.29, 0.717) is 0 Å². The fourth-order valence-electron chi connectivity index (χ4n) is 1.93. The van der Waals surface area contributed by atoms with Crippen LogP contribution in [0.3, 0.4) is 0 Å². The fourth-order valence-corrected chi connectivity index (χ4v) is 2.20. The Balaban J connectivity index is 2.65. The van der Waals surface area contributed by atoms with Crippen LogP contribution in [-0.4, -0.2) is 37.5 Å². The van der Waals surface area contributed by atoms with Gasteiger partial charge in [-0.25, -0.2) is 4.79 Å². The molecule has 0 saturated carbocycles. The Labute approximate surface area is 139 Å². The Morgan fingerprint density at radius 3 is 2.57 bits per heavy atom. The number of nitro groups is 1. The molecular weight excluding hydrogens is 370 g/mol. The standard InChI is InChI=1S/C14H14BrN3O5/c1-14(2,3)23-13(20)17-10-5-4-8(18(21)22)6-9(10)12(16-17)11(19)7-15/h4-6H,7H2,1-3H3. The Morgan fingerprint density at radius 1 is 1.39 bits per heavy atom. The highest BCUT2D eigenvalue weighted by molar-refractivity contribution is 9.09. The summed E-state index contributed by atoms with van der Waals surface area (Å²) in [5.74, 6) is -0.391. The molecule has 0 aliphatic heterocycles. The topological polar surface area (TPSA) is 104 Å². The summed E-state index contributed by atoms with van der Waals surface area (Å²) < 4.78 is 6.19. The maximum Gasteiger partial charge on any atom is 0.435 e. The average Bonchev–Trinajstić information content (AvgIpc) is 2.83. The molecule has 0 spiro atoms. The molecule has 0 unspecified atom stereocenters. The normalized spacial score (nSPS) is 11.5. The highest BCUT2D eigenvalue weighted by Gasteiger charge is 2.25. The molecule has 0 amide bonds. The van der Waals surface area contributed by atoms with E-state index in [9.17, 15) is 19.7 Å². The molecule has 2 aromatic rings. The highest BCUT2D eigenvalue weighted by atomic mass is 79.9. The summed E-state index contributed by atoms with van der Waals surface area (Å²) in [6, 6.07) is 3.84. The van der Waals surface area contributed by atoms with Crippen LogP contribution in [0.2, 0.25) is 0 Å². The van der Waals surface area contributed by atoms with Crippen LogP contribution < -0.4 is 0 Å². The van der Waals surface area contributed by atoms with Crippen molar-refractivity contribution < 1.29 is 19.2 Å². The first kappa shape index (κ1) is 17.1. The van der Waals surface area contributed by atoms with Crippen LogP contribution in [0.1, 0.15) is 31.3 Å². The average molecular weight is 384 g/mol. The van der Waals surface area contributed by atoms with Gasteiger partial charge in [-0.3, -0.25) is 14.9 Å².